The highest BCUT2D eigenvalue weighted by atomic mass is 35.5. The van der Waals surface area contributed by atoms with Gasteiger partial charge in [-0.2, -0.15) is 0 Å². The molecule has 0 aliphatic rings. The summed E-state index contributed by atoms with van der Waals surface area (Å²) in [6.45, 7) is 0. The van der Waals surface area contributed by atoms with E-state index < -0.39 is 0 Å². The standard InChI is InChI=1S/C16H12Cl2N2O3/c1-21-11-5-3-4-9(6-11)15-19-20-16(23-15)12-7-10(17)8-13(18)14(12)22-2/h3-8H,1-2H3. The van der Waals surface area contributed by atoms with E-state index in [-0.39, 0.29) is 5.89 Å². The summed E-state index contributed by atoms with van der Waals surface area (Å²) < 4.78 is 16.2. The lowest BCUT2D eigenvalue weighted by atomic mass is 10.2. The third kappa shape index (κ3) is 3.11. The predicted octanol–water partition coefficient (Wildman–Crippen LogP) is 4.73. The van der Waals surface area contributed by atoms with Crippen molar-refractivity contribution in [3.8, 4) is 34.4 Å². The normalized spacial score (nSPS) is 10.6. The molecule has 3 aromatic rings. The first-order valence-electron chi connectivity index (χ1n) is 6.63. The number of hydrogen-bond donors (Lipinski definition) is 0. The molecule has 0 spiro atoms. The van der Waals surface area contributed by atoms with E-state index in [0.717, 1.165) is 5.56 Å². The molecule has 23 heavy (non-hydrogen) atoms. The Morgan fingerprint density at radius 2 is 1.74 bits per heavy atom. The maximum Gasteiger partial charge on any atom is 0.252 e. The molecule has 0 saturated heterocycles. The van der Waals surface area contributed by atoms with Gasteiger partial charge in [0.2, 0.25) is 5.89 Å². The summed E-state index contributed by atoms with van der Waals surface area (Å²) in [5, 5.41) is 8.94. The summed E-state index contributed by atoms with van der Waals surface area (Å²) in [6.07, 6.45) is 0. The third-order valence-electron chi connectivity index (χ3n) is 3.18. The summed E-state index contributed by atoms with van der Waals surface area (Å²) in [5.41, 5.74) is 1.28. The molecule has 0 N–H and O–H groups in total. The first kappa shape index (κ1) is 15.6. The molecule has 118 valence electrons. The second-order valence-electron chi connectivity index (χ2n) is 4.61. The molecule has 0 bridgehead atoms. The van der Waals surface area contributed by atoms with Crippen molar-refractivity contribution in [1.82, 2.24) is 10.2 Å². The van der Waals surface area contributed by atoms with Gasteiger partial charge in [-0.25, -0.2) is 0 Å². The first-order valence-corrected chi connectivity index (χ1v) is 7.39. The van der Waals surface area contributed by atoms with Crippen LogP contribution >= 0.6 is 23.2 Å². The molecule has 3 rings (SSSR count). The van der Waals surface area contributed by atoms with Crippen LogP contribution in [-0.4, -0.2) is 24.4 Å². The van der Waals surface area contributed by atoms with E-state index in [1.165, 1.54) is 7.11 Å². The lowest BCUT2D eigenvalue weighted by Crippen LogP contribution is -1.89. The Hall–Kier alpha value is -2.24. The summed E-state index contributed by atoms with van der Waals surface area (Å²) >= 11 is 12.2. The van der Waals surface area contributed by atoms with E-state index in [9.17, 15) is 0 Å². The van der Waals surface area contributed by atoms with Crippen LogP contribution in [0.5, 0.6) is 11.5 Å². The van der Waals surface area contributed by atoms with Crippen LogP contribution in [0, 0.1) is 0 Å². The Morgan fingerprint density at radius 3 is 2.48 bits per heavy atom. The van der Waals surface area contributed by atoms with Gasteiger partial charge in [-0.15, -0.1) is 10.2 Å². The van der Waals surface area contributed by atoms with Crippen molar-refractivity contribution in [3.05, 3.63) is 46.4 Å². The van der Waals surface area contributed by atoms with Gasteiger partial charge in [0.15, 0.2) is 0 Å². The lowest BCUT2D eigenvalue weighted by Gasteiger charge is -2.07. The van der Waals surface area contributed by atoms with Gasteiger partial charge in [-0.1, -0.05) is 29.3 Å². The Balaban J connectivity index is 2.05. The minimum Gasteiger partial charge on any atom is -0.497 e. The molecular weight excluding hydrogens is 339 g/mol. The molecule has 0 aliphatic heterocycles. The number of halogens is 2. The number of benzene rings is 2. The third-order valence-corrected chi connectivity index (χ3v) is 3.68. The van der Waals surface area contributed by atoms with E-state index in [4.69, 9.17) is 37.1 Å². The monoisotopic (exact) mass is 350 g/mol. The molecule has 1 aromatic heterocycles. The second-order valence-corrected chi connectivity index (χ2v) is 5.46. The van der Waals surface area contributed by atoms with Crippen molar-refractivity contribution in [2.24, 2.45) is 0 Å². The molecule has 0 aliphatic carbocycles. The highest BCUT2D eigenvalue weighted by Crippen LogP contribution is 2.39. The van der Waals surface area contributed by atoms with Gasteiger partial charge in [0.25, 0.3) is 5.89 Å². The van der Waals surface area contributed by atoms with Crippen LogP contribution in [0.25, 0.3) is 22.9 Å². The van der Waals surface area contributed by atoms with E-state index in [2.05, 4.69) is 10.2 Å². The number of aromatic nitrogens is 2. The van der Waals surface area contributed by atoms with E-state index in [1.54, 1.807) is 25.3 Å². The van der Waals surface area contributed by atoms with Crippen molar-refractivity contribution in [2.75, 3.05) is 14.2 Å². The molecule has 0 unspecified atom stereocenters. The molecule has 1 heterocycles. The van der Waals surface area contributed by atoms with Crippen LogP contribution in [0.3, 0.4) is 0 Å². The average Bonchev–Trinajstić information content (AvgIpc) is 3.04. The van der Waals surface area contributed by atoms with Crippen molar-refractivity contribution >= 4 is 23.2 Å². The Kier molecular flexibility index (Phi) is 4.41. The van der Waals surface area contributed by atoms with Gasteiger partial charge >= 0.3 is 0 Å². The Bertz CT molecular complexity index is 849. The van der Waals surface area contributed by atoms with Gasteiger partial charge in [-0.3, -0.25) is 0 Å². The lowest BCUT2D eigenvalue weighted by molar-refractivity contribution is 0.414. The smallest absolute Gasteiger partial charge is 0.252 e. The summed E-state index contributed by atoms with van der Waals surface area (Å²) in [5.74, 6) is 1.75. The molecule has 0 amide bonds. The van der Waals surface area contributed by atoms with Crippen molar-refractivity contribution in [1.29, 1.82) is 0 Å². The van der Waals surface area contributed by atoms with Crippen molar-refractivity contribution in [3.63, 3.8) is 0 Å². The van der Waals surface area contributed by atoms with Crippen LogP contribution in [0.4, 0.5) is 0 Å². The summed E-state index contributed by atoms with van der Waals surface area (Å²) in [4.78, 5) is 0. The number of nitrogens with zero attached hydrogens (tertiary/aromatic N) is 2. The van der Waals surface area contributed by atoms with E-state index in [0.29, 0.717) is 33.0 Å². The van der Waals surface area contributed by atoms with Crippen molar-refractivity contribution in [2.45, 2.75) is 0 Å². The van der Waals surface area contributed by atoms with Crippen LogP contribution in [0.15, 0.2) is 40.8 Å². The molecule has 2 aromatic carbocycles. The molecular formula is C16H12Cl2N2O3. The average molecular weight is 351 g/mol. The fourth-order valence-electron chi connectivity index (χ4n) is 2.13. The predicted molar refractivity (Wildman–Crippen MR) is 88.3 cm³/mol. The minimum absolute atomic E-state index is 0.268. The van der Waals surface area contributed by atoms with E-state index in [1.807, 2.05) is 18.2 Å². The van der Waals surface area contributed by atoms with Gasteiger partial charge in [0.1, 0.15) is 11.5 Å². The topological polar surface area (TPSA) is 57.4 Å². The van der Waals surface area contributed by atoms with Gasteiger partial charge < -0.3 is 13.9 Å². The fraction of sp³-hybridized carbons (Fsp3) is 0.125. The van der Waals surface area contributed by atoms with Gasteiger partial charge in [0.05, 0.1) is 24.8 Å². The molecule has 0 radical (unpaired) electrons. The number of ether oxygens (including phenoxy) is 2. The zero-order valence-corrected chi connectivity index (χ0v) is 13.9. The molecule has 5 nitrogen and oxygen atoms in total. The molecule has 0 fully saturated rings. The maximum absolute atomic E-state index is 6.13. The molecule has 0 atom stereocenters. The van der Waals surface area contributed by atoms with Gasteiger partial charge in [0, 0.05) is 10.6 Å². The fourth-order valence-corrected chi connectivity index (χ4v) is 2.70. The van der Waals surface area contributed by atoms with Gasteiger partial charge in [-0.05, 0) is 30.3 Å². The maximum atomic E-state index is 6.13. The largest absolute Gasteiger partial charge is 0.497 e. The van der Waals surface area contributed by atoms with Crippen LogP contribution in [0.1, 0.15) is 0 Å². The Labute approximate surface area is 142 Å². The SMILES string of the molecule is COc1cccc(-c2nnc(-c3cc(Cl)cc(Cl)c3OC)o2)c1. The van der Waals surface area contributed by atoms with Crippen LogP contribution < -0.4 is 9.47 Å². The zero-order chi connectivity index (χ0) is 16.4. The summed E-state index contributed by atoms with van der Waals surface area (Å²) in [7, 11) is 3.11. The Morgan fingerprint density at radius 1 is 0.957 bits per heavy atom. The minimum atomic E-state index is 0.268. The quantitative estimate of drug-likeness (QED) is 0.680. The van der Waals surface area contributed by atoms with Crippen LogP contribution in [0.2, 0.25) is 10.0 Å². The number of hydrogen-bond acceptors (Lipinski definition) is 5. The second kappa shape index (κ2) is 6.48. The van der Waals surface area contributed by atoms with Crippen molar-refractivity contribution < 1.29 is 13.9 Å². The first-order chi connectivity index (χ1) is 11.1. The highest BCUT2D eigenvalue weighted by molar-refractivity contribution is 6.36. The number of rotatable bonds is 4. The highest BCUT2D eigenvalue weighted by Gasteiger charge is 2.18. The van der Waals surface area contributed by atoms with E-state index >= 15 is 0 Å². The number of methoxy groups -OCH3 is 2. The zero-order valence-electron chi connectivity index (χ0n) is 12.3. The molecule has 7 heteroatoms. The van der Waals surface area contributed by atoms with Crippen LogP contribution in [-0.2, 0) is 0 Å². The molecule has 0 saturated carbocycles. The summed E-state index contributed by atoms with van der Waals surface area (Å²) in [6, 6.07) is 10.6.